The van der Waals surface area contributed by atoms with Crippen molar-refractivity contribution < 1.29 is 9.53 Å². The maximum absolute atomic E-state index is 12.9. The van der Waals surface area contributed by atoms with Gasteiger partial charge in [-0.2, -0.15) is 0 Å². The molecule has 4 rings (SSSR count). The highest BCUT2D eigenvalue weighted by molar-refractivity contribution is 5.94. The molecule has 1 amide bonds. The van der Waals surface area contributed by atoms with Crippen molar-refractivity contribution >= 4 is 5.91 Å². The first kappa shape index (κ1) is 15.4. The fourth-order valence-electron chi connectivity index (χ4n) is 3.81. The quantitative estimate of drug-likeness (QED) is 0.852. The number of rotatable bonds is 2. The second-order valence-electron chi connectivity index (χ2n) is 6.80. The predicted molar refractivity (Wildman–Crippen MR) is 91.0 cm³/mol. The zero-order valence-corrected chi connectivity index (χ0v) is 14.3. The Morgan fingerprint density at radius 3 is 2.92 bits per heavy atom. The number of ether oxygens (including phenoxy) is 1. The van der Waals surface area contributed by atoms with Crippen molar-refractivity contribution in [2.24, 2.45) is 7.05 Å². The van der Waals surface area contributed by atoms with Crippen molar-refractivity contribution in [3.63, 3.8) is 0 Å². The molecule has 2 aliphatic rings. The average molecular weight is 325 g/mol. The minimum absolute atomic E-state index is 0.101. The number of amides is 1. The SMILES string of the molecule is Cc1cn(C)c([C@@H]2CN(C(=O)c3ccc4c(c3)CCC4)CCO2)n1. The molecule has 126 valence electrons. The van der Waals surface area contributed by atoms with Gasteiger partial charge in [0.05, 0.1) is 18.8 Å². The van der Waals surface area contributed by atoms with Crippen LogP contribution in [0.1, 0.15) is 45.5 Å². The zero-order chi connectivity index (χ0) is 16.7. The Hall–Kier alpha value is -2.14. The molecule has 1 saturated heterocycles. The van der Waals surface area contributed by atoms with Gasteiger partial charge in [0.15, 0.2) is 0 Å². The fraction of sp³-hybridized carbons (Fsp3) is 0.474. The highest BCUT2D eigenvalue weighted by atomic mass is 16.5. The standard InChI is InChI=1S/C19H23N3O2/c1-13-11-21(2)18(20-13)17-12-22(8-9-24-17)19(23)16-7-6-14-4-3-5-15(14)10-16/h6-7,10-11,17H,3-5,8-9,12H2,1-2H3/t17-/m0/s1. The van der Waals surface area contributed by atoms with Crippen LogP contribution in [0, 0.1) is 6.92 Å². The summed E-state index contributed by atoms with van der Waals surface area (Å²) in [5.74, 6) is 0.989. The summed E-state index contributed by atoms with van der Waals surface area (Å²) in [6.45, 7) is 3.71. The molecule has 1 fully saturated rings. The molecule has 1 atom stereocenters. The molecule has 1 aliphatic carbocycles. The van der Waals surface area contributed by atoms with Crippen LogP contribution in [-0.2, 0) is 24.6 Å². The molecule has 1 aliphatic heterocycles. The largest absolute Gasteiger partial charge is 0.367 e. The number of aryl methyl sites for hydroxylation is 4. The molecule has 0 saturated carbocycles. The van der Waals surface area contributed by atoms with E-state index in [9.17, 15) is 4.79 Å². The van der Waals surface area contributed by atoms with Gasteiger partial charge in [0.2, 0.25) is 0 Å². The number of aromatic nitrogens is 2. The van der Waals surface area contributed by atoms with E-state index in [4.69, 9.17) is 4.74 Å². The summed E-state index contributed by atoms with van der Waals surface area (Å²) in [7, 11) is 1.97. The Morgan fingerprint density at radius 2 is 2.12 bits per heavy atom. The molecule has 0 unspecified atom stereocenters. The lowest BCUT2D eigenvalue weighted by Crippen LogP contribution is -2.42. The lowest BCUT2D eigenvalue weighted by Gasteiger charge is -2.32. The van der Waals surface area contributed by atoms with Crippen LogP contribution in [0.15, 0.2) is 24.4 Å². The van der Waals surface area contributed by atoms with Gasteiger partial charge < -0.3 is 14.2 Å². The van der Waals surface area contributed by atoms with E-state index < -0.39 is 0 Å². The van der Waals surface area contributed by atoms with E-state index in [2.05, 4.69) is 17.1 Å². The second-order valence-corrected chi connectivity index (χ2v) is 6.80. The predicted octanol–water partition coefficient (Wildman–Crippen LogP) is 2.43. The molecule has 5 nitrogen and oxygen atoms in total. The molecule has 1 aromatic carbocycles. The van der Waals surface area contributed by atoms with Crippen LogP contribution in [0.3, 0.4) is 0 Å². The summed E-state index contributed by atoms with van der Waals surface area (Å²) in [4.78, 5) is 19.4. The summed E-state index contributed by atoms with van der Waals surface area (Å²) < 4.78 is 7.86. The third-order valence-electron chi connectivity index (χ3n) is 5.02. The van der Waals surface area contributed by atoms with Gasteiger partial charge in [-0.3, -0.25) is 4.79 Å². The van der Waals surface area contributed by atoms with E-state index in [1.54, 1.807) is 0 Å². The van der Waals surface area contributed by atoms with Crippen molar-refractivity contribution in [1.29, 1.82) is 0 Å². The molecule has 24 heavy (non-hydrogen) atoms. The normalized spacial score (nSPS) is 20.2. The number of fused-ring (bicyclic) bond motifs is 1. The van der Waals surface area contributed by atoms with Crippen molar-refractivity contribution in [2.75, 3.05) is 19.7 Å². The van der Waals surface area contributed by atoms with Crippen molar-refractivity contribution in [3.05, 3.63) is 52.6 Å². The second kappa shape index (κ2) is 6.06. The maximum atomic E-state index is 12.9. The summed E-state index contributed by atoms with van der Waals surface area (Å²) in [5.41, 5.74) is 4.51. The van der Waals surface area contributed by atoms with Gasteiger partial charge >= 0.3 is 0 Å². The highest BCUT2D eigenvalue weighted by Crippen LogP contribution is 2.26. The monoisotopic (exact) mass is 325 g/mol. The number of nitrogens with zero attached hydrogens (tertiary/aromatic N) is 3. The summed E-state index contributed by atoms with van der Waals surface area (Å²) >= 11 is 0. The third-order valence-corrected chi connectivity index (χ3v) is 5.02. The third kappa shape index (κ3) is 2.73. The van der Waals surface area contributed by atoms with Crippen molar-refractivity contribution in [3.8, 4) is 0 Å². The Morgan fingerprint density at radius 1 is 1.29 bits per heavy atom. The molecule has 2 aromatic rings. The van der Waals surface area contributed by atoms with Gasteiger partial charge in [0, 0.05) is 25.4 Å². The Bertz CT molecular complexity index is 781. The van der Waals surface area contributed by atoms with Gasteiger partial charge in [-0.1, -0.05) is 6.07 Å². The summed E-state index contributed by atoms with van der Waals surface area (Å²) in [6.07, 6.45) is 5.26. The smallest absolute Gasteiger partial charge is 0.254 e. The van der Waals surface area contributed by atoms with Gasteiger partial charge in [0.25, 0.3) is 5.91 Å². The molecule has 0 bridgehead atoms. The summed E-state index contributed by atoms with van der Waals surface area (Å²) in [5, 5.41) is 0. The topological polar surface area (TPSA) is 47.4 Å². The summed E-state index contributed by atoms with van der Waals surface area (Å²) in [6, 6.07) is 6.18. The molecule has 0 N–H and O–H groups in total. The zero-order valence-electron chi connectivity index (χ0n) is 14.3. The van der Waals surface area contributed by atoms with Crippen LogP contribution in [0.5, 0.6) is 0 Å². The lowest BCUT2D eigenvalue weighted by molar-refractivity contribution is -0.0279. The minimum atomic E-state index is -0.157. The number of carbonyl (C=O) groups is 1. The van der Waals surface area contributed by atoms with Crippen molar-refractivity contribution in [1.82, 2.24) is 14.5 Å². The highest BCUT2D eigenvalue weighted by Gasteiger charge is 2.29. The van der Waals surface area contributed by atoms with E-state index in [0.29, 0.717) is 19.7 Å². The van der Waals surface area contributed by atoms with Crippen LogP contribution in [0.4, 0.5) is 0 Å². The average Bonchev–Trinajstić information content (AvgIpc) is 3.19. The van der Waals surface area contributed by atoms with Crippen LogP contribution >= 0.6 is 0 Å². The first-order valence-electron chi connectivity index (χ1n) is 8.64. The van der Waals surface area contributed by atoms with Gasteiger partial charge in [-0.25, -0.2) is 4.98 Å². The maximum Gasteiger partial charge on any atom is 0.254 e. The molecular weight excluding hydrogens is 302 g/mol. The van der Waals surface area contributed by atoms with E-state index >= 15 is 0 Å². The molecule has 0 spiro atoms. The number of hydrogen-bond donors (Lipinski definition) is 0. The van der Waals surface area contributed by atoms with E-state index in [0.717, 1.165) is 29.9 Å². The van der Waals surface area contributed by atoms with Gasteiger partial charge in [-0.05, 0) is 49.4 Å². The number of imidazole rings is 1. The van der Waals surface area contributed by atoms with Crippen molar-refractivity contribution in [2.45, 2.75) is 32.3 Å². The van der Waals surface area contributed by atoms with Gasteiger partial charge in [-0.15, -0.1) is 0 Å². The number of hydrogen-bond acceptors (Lipinski definition) is 3. The molecule has 5 heteroatoms. The number of benzene rings is 1. The first-order chi connectivity index (χ1) is 11.6. The Balaban J connectivity index is 1.53. The van der Waals surface area contributed by atoms with E-state index in [1.165, 1.54) is 17.5 Å². The molecule has 0 radical (unpaired) electrons. The van der Waals surface area contributed by atoms with E-state index in [-0.39, 0.29) is 12.0 Å². The van der Waals surface area contributed by atoms with Crippen LogP contribution in [0.2, 0.25) is 0 Å². The van der Waals surface area contributed by atoms with Gasteiger partial charge in [0.1, 0.15) is 11.9 Å². The minimum Gasteiger partial charge on any atom is -0.367 e. The van der Waals surface area contributed by atoms with Crippen LogP contribution < -0.4 is 0 Å². The number of carbonyl (C=O) groups excluding carboxylic acids is 1. The van der Waals surface area contributed by atoms with Crippen LogP contribution in [0.25, 0.3) is 0 Å². The van der Waals surface area contributed by atoms with Crippen LogP contribution in [-0.4, -0.2) is 40.1 Å². The Labute approximate surface area is 142 Å². The number of morpholine rings is 1. The molecular formula is C19H23N3O2. The molecule has 2 heterocycles. The lowest BCUT2D eigenvalue weighted by atomic mass is 10.1. The first-order valence-corrected chi connectivity index (χ1v) is 8.64. The molecule has 1 aromatic heterocycles. The van der Waals surface area contributed by atoms with E-state index in [1.807, 2.05) is 35.7 Å². The Kier molecular flexibility index (Phi) is 3.88. The fourth-order valence-corrected chi connectivity index (χ4v) is 3.81.